The summed E-state index contributed by atoms with van der Waals surface area (Å²) >= 11 is 0. The highest BCUT2D eigenvalue weighted by atomic mass is 14.4. The summed E-state index contributed by atoms with van der Waals surface area (Å²) in [6.07, 6.45) is 7.29. The summed E-state index contributed by atoms with van der Waals surface area (Å²) in [4.78, 5) is 0. The van der Waals surface area contributed by atoms with E-state index >= 15 is 0 Å². The Kier molecular flexibility index (Phi) is 4.04. The lowest BCUT2D eigenvalue weighted by Crippen LogP contribution is -2.12. The zero-order chi connectivity index (χ0) is 10.8. The van der Waals surface area contributed by atoms with Gasteiger partial charge < -0.3 is 0 Å². The third kappa shape index (κ3) is 4.02. The Labute approximate surface area is 90.5 Å². The Hall–Kier alpha value is 0. The predicted molar refractivity (Wildman–Crippen MR) is 64.4 cm³/mol. The van der Waals surface area contributed by atoms with Crippen molar-refractivity contribution in [2.45, 2.75) is 66.7 Å². The van der Waals surface area contributed by atoms with Crippen molar-refractivity contribution in [2.75, 3.05) is 0 Å². The molecule has 1 aliphatic rings. The van der Waals surface area contributed by atoms with Crippen LogP contribution in [0.1, 0.15) is 66.7 Å². The molecule has 0 nitrogen and oxygen atoms in total. The zero-order valence-electron chi connectivity index (χ0n) is 10.8. The monoisotopic (exact) mass is 196 g/mol. The van der Waals surface area contributed by atoms with Gasteiger partial charge in [-0.3, -0.25) is 0 Å². The molecule has 1 aliphatic carbocycles. The summed E-state index contributed by atoms with van der Waals surface area (Å²) < 4.78 is 0. The molecule has 1 rings (SSSR count). The van der Waals surface area contributed by atoms with Crippen molar-refractivity contribution in [3.05, 3.63) is 0 Å². The average molecular weight is 196 g/mol. The van der Waals surface area contributed by atoms with Crippen molar-refractivity contribution in [1.29, 1.82) is 0 Å². The smallest absolute Gasteiger partial charge is 0.0325 e. The molecule has 0 aromatic carbocycles. The Morgan fingerprint density at radius 3 is 2.00 bits per heavy atom. The van der Waals surface area contributed by atoms with Gasteiger partial charge >= 0.3 is 0 Å². The topological polar surface area (TPSA) is 0 Å². The molecule has 2 unspecified atom stereocenters. The fourth-order valence-electron chi connectivity index (χ4n) is 2.30. The van der Waals surface area contributed by atoms with Crippen molar-refractivity contribution in [2.24, 2.45) is 23.2 Å². The van der Waals surface area contributed by atoms with Crippen molar-refractivity contribution < 1.29 is 0 Å². The molecule has 0 aromatic heterocycles. The van der Waals surface area contributed by atoms with E-state index in [-0.39, 0.29) is 0 Å². The SMILES string of the molecule is CC(C)CC(C)C(C)CCC1(C)CC1. The minimum atomic E-state index is 0.756. The van der Waals surface area contributed by atoms with Crippen LogP contribution in [-0.4, -0.2) is 0 Å². The van der Waals surface area contributed by atoms with Crippen molar-refractivity contribution >= 4 is 0 Å². The molecule has 1 saturated carbocycles. The van der Waals surface area contributed by atoms with E-state index in [2.05, 4.69) is 34.6 Å². The maximum Gasteiger partial charge on any atom is -0.0325 e. The number of hydrogen-bond acceptors (Lipinski definition) is 0. The molecule has 14 heavy (non-hydrogen) atoms. The first-order valence-corrected chi connectivity index (χ1v) is 6.43. The van der Waals surface area contributed by atoms with Gasteiger partial charge in [-0.2, -0.15) is 0 Å². The summed E-state index contributed by atoms with van der Waals surface area (Å²) in [6, 6.07) is 0. The van der Waals surface area contributed by atoms with E-state index in [9.17, 15) is 0 Å². The average Bonchev–Trinajstić information content (AvgIpc) is 2.79. The second kappa shape index (κ2) is 4.68. The minimum Gasteiger partial charge on any atom is -0.0628 e. The van der Waals surface area contributed by atoms with Crippen LogP contribution in [0.15, 0.2) is 0 Å². The Bertz CT molecular complexity index is 165. The normalized spacial score (nSPS) is 23.6. The maximum absolute atomic E-state index is 2.45. The van der Waals surface area contributed by atoms with Crippen LogP contribution in [-0.2, 0) is 0 Å². The largest absolute Gasteiger partial charge is 0.0628 e. The summed E-state index contributed by atoms with van der Waals surface area (Å²) in [5.41, 5.74) is 0.756. The fraction of sp³-hybridized carbons (Fsp3) is 1.00. The highest BCUT2D eigenvalue weighted by Gasteiger charge is 2.36. The van der Waals surface area contributed by atoms with Gasteiger partial charge in [0.05, 0.1) is 0 Å². The first-order valence-electron chi connectivity index (χ1n) is 6.43. The van der Waals surface area contributed by atoms with Crippen LogP contribution in [0.2, 0.25) is 0 Å². The van der Waals surface area contributed by atoms with Gasteiger partial charge in [0.25, 0.3) is 0 Å². The van der Waals surface area contributed by atoms with Crippen LogP contribution in [0, 0.1) is 23.2 Å². The lowest BCUT2D eigenvalue weighted by atomic mass is 9.83. The van der Waals surface area contributed by atoms with Crippen LogP contribution in [0.25, 0.3) is 0 Å². The maximum atomic E-state index is 2.45. The molecular formula is C14H28. The first kappa shape index (κ1) is 12.1. The molecule has 1 fully saturated rings. The van der Waals surface area contributed by atoms with E-state index in [0.29, 0.717) is 0 Å². The number of rotatable bonds is 6. The molecule has 0 bridgehead atoms. The summed E-state index contributed by atoms with van der Waals surface area (Å²) in [7, 11) is 0. The van der Waals surface area contributed by atoms with Crippen LogP contribution < -0.4 is 0 Å². The summed E-state index contributed by atoms with van der Waals surface area (Å²) in [5.74, 6) is 2.70. The fourth-order valence-corrected chi connectivity index (χ4v) is 2.30. The van der Waals surface area contributed by atoms with E-state index in [1.54, 1.807) is 0 Å². The molecule has 0 N–H and O–H groups in total. The molecule has 0 amide bonds. The van der Waals surface area contributed by atoms with E-state index < -0.39 is 0 Å². The van der Waals surface area contributed by atoms with Crippen molar-refractivity contribution in [3.63, 3.8) is 0 Å². The van der Waals surface area contributed by atoms with Crippen molar-refractivity contribution in [3.8, 4) is 0 Å². The Balaban J connectivity index is 2.16. The first-order chi connectivity index (χ1) is 6.43. The van der Waals surface area contributed by atoms with Gasteiger partial charge in [0, 0.05) is 0 Å². The van der Waals surface area contributed by atoms with E-state index in [1.807, 2.05) is 0 Å². The molecule has 0 aromatic rings. The second-order valence-corrected chi connectivity index (χ2v) is 6.43. The molecule has 0 aliphatic heterocycles. The van der Waals surface area contributed by atoms with Crippen molar-refractivity contribution in [1.82, 2.24) is 0 Å². The summed E-state index contributed by atoms with van der Waals surface area (Å²) in [5, 5.41) is 0. The lowest BCUT2D eigenvalue weighted by molar-refractivity contribution is 0.285. The van der Waals surface area contributed by atoms with E-state index in [1.165, 1.54) is 32.1 Å². The lowest BCUT2D eigenvalue weighted by Gasteiger charge is -2.22. The molecule has 84 valence electrons. The molecule has 0 saturated heterocycles. The van der Waals surface area contributed by atoms with Gasteiger partial charge in [-0.05, 0) is 55.3 Å². The van der Waals surface area contributed by atoms with Gasteiger partial charge in [-0.25, -0.2) is 0 Å². The molecule has 0 radical (unpaired) electrons. The van der Waals surface area contributed by atoms with E-state index in [0.717, 1.165) is 23.2 Å². The molecular weight excluding hydrogens is 168 g/mol. The molecule has 0 spiro atoms. The van der Waals surface area contributed by atoms with E-state index in [4.69, 9.17) is 0 Å². The van der Waals surface area contributed by atoms with Gasteiger partial charge in [0.15, 0.2) is 0 Å². The summed E-state index contributed by atoms with van der Waals surface area (Å²) in [6.45, 7) is 12.0. The van der Waals surface area contributed by atoms with Gasteiger partial charge in [-0.1, -0.05) is 34.6 Å². The standard InChI is InChI=1S/C14H28/c1-11(2)10-13(4)12(3)6-7-14(5)8-9-14/h11-13H,6-10H2,1-5H3. The Morgan fingerprint density at radius 2 is 1.57 bits per heavy atom. The predicted octanol–water partition coefficient (Wildman–Crippen LogP) is 4.89. The second-order valence-electron chi connectivity index (χ2n) is 6.43. The van der Waals surface area contributed by atoms with Crippen LogP contribution in [0.4, 0.5) is 0 Å². The Morgan fingerprint density at radius 1 is 1.00 bits per heavy atom. The molecule has 2 atom stereocenters. The van der Waals surface area contributed by atoms with Gasteiger partial charge in [-0.15, -0.1) is 0 Å². The minimum absolute atomic E-state index is 0.756. The third-order valence-electron chi connectivity index (χ3n) is 4.12. The molecule has 0 heteroatoms. The highest BCUT2D eigenvalue weighted by molar-refractivity contribution is 4.88. The van der Waals surface area contributed by atoms with Gasteiger partial charge in [0.2, 0.25) is 0 Å². The van der Waals surface area contributed by atoms with Gasteiger partial charge in [0.1, 0.15) is 0 Å². The quantitative estimate of drug-likeness (QED) is 0.567. The highest BCUT2D eigenvalue weighted by Crippen LogP contribution is 2.49. The molecule has 0 heterocycles. The number of hydrogen-bond donors (Lipinski definition) is 0. The van der Waals surface area contributed by atoms with Crippen LogP contribution in [0.5, 0.6) is 0 Å². The van der Waals surface area contributed by atoms with Crippen LogP contribution in [0.3, 0.4) is 0 Å². The van der Waals surface area contributed by atoms with Crippen LogP contribution >= 0.6 is 0 Å². The zero-order valence-corrected chi connectivity index (χ0v) is 10.8. The third-order valence-corrected chi connectivity index (χ3v) is 4.12.